The number of aliphatic hydroxyl groups is 1. The number of aryl methyl sites for hydroxylation is 1. The first-order chi connectivity index (χ1) is 8.02. The van der Waals surface area contributed by atoms with Crippen molar-refractivity contribution in [2.45, 2.75) is 18.2 Å². The Labute approximate surface area is 110 Å². The number of sulfone groups is 1. The van der Waals surface area contributed by atoms with Crippen LogP contribution in [0.5, 0.6) is 0 Å². The first kappa shape index (κ1) is 14.4. The predicted molar refractivity (Wildman–Crippen MR) is 71.9 cm³/mol. The molecule has 1 rings (SSSR count). The number of halogens is 1. The minimum atomic E-state index is -3.44. The van der Waals surface area contributed by atoms with Gasteiger partial charge in [-0.3, -0.25) is 0 Å². The van der Waals surface area contributed by atoms with Crippen molar-refractivity contribution in [1.29, 1.82) is 0 Å². The van der Waals surface area contributed by atoms with Gasteiger partial charge in [0.2, 0.25) is 9.84 Å². The number of benzene rings is 1. The molecule has 0 radical (unpaired) electrons. The normalized spacial score (nSPS) is 12.8. The largest absolute Gasteiger partial charge is 0.396 e. The summed E-state index contributed by atoms with van der Waals surface area (Å²) in [6, 6.07) is 6.73. The van der Waals surface area contributed by atoms with Crippen molar-refractivity contribution in [1.82, 2.24) is 0 Å². The van der Waals surface area contributed by atoms with Crippen LogP contribution in [0.4, 0.5) is 0 Å². The van der Waals surface area contributed by atoms with Crippen LogP contribution >= 0.6 is 15.9 Å². The fourth-order valence-electron chi connectivity index (χ4n) is 1.33. The fraction of sp³-hybridized carbons (Fsp3) is 0.333. The van der Waals surface area contributed by atoms with Gasteiger partial charge in [0.25, 0.3) is 0 Å². The van der Waals surface area contributed by atoms with Crippen LogP contribution in [0.2, 0.25) is 0 Å². The first-order valence-corrected chi connectivity index (χ1v) is 7.80. The van der Waals surface area contributed by atoms with Crippen LogP contribution in [0, 0.1) is 6.92 Å². The monoisotopic (exact) mass is 318 g/mol. The van der Waals surface area contributed by atoms with Crippen molar-refractivity contribution in [3.8, 4) is 0 Å². The molecular formula is C12H15BrO3S. The highest BCUT2D eigenvalue weighted by molar-refractivity contribution is 9.09. The second kappa shape index (κ2) is 6.33. The molecule has 94 valence electrons. The van der Waals surface area contributed by atoms with Crippen molar-refractivity contribution in [3.05, 3.63) is 40.8 Å². The van der Waals surface area contributed by atoms with E-state index in [0.717, 1.165) is 5.56 Å². The zero-order chi connectivity index (χ0) is 12.9. The van der Waals surface area contributed by atoms with Gasteiger partial charge in [-0.25, -0.2) is 8.42 Å². The summed E-state index contributed by atoms with van der Waals surface area (Å²) in [5.74, 6) is 0. The molecule has 1 N–H and O–H groups in total. The Bertz CT molecular complexity index is 489. The molecule has 0 aliphatic carbocycles. The van der Waals surface area contributed by atoms with Gasteiger partial charge in [-0.2, -0.15) is 0 Å². The van der Waals surface area contributed by atoms with Gasteiger partial charge in [0.05, 0.1) is 9.80 Å². The molecule has 0 aliphatic rings. The molecule has 5 heteroatoms. The Balaban J connectivity index is 3.13. The van der Waals surface area contributed by atoms with E-state index < -0.39 is 9.84 Å². The summed E-state index contributed by atoms with van der Waals surface area (Å²) in [6.45, 7) is 1.85. The third-order valence-electron chi connectivity index (χ3n) is 2.31. The molecule has 1 aromatic rings. The van der Waals surface area contributed by atoms with Crippen molar-refractivity contribution in [2.24, 2.45) is 0 Å². The molecule has 0 saturated carbocycles. The van der Waals surface area contributed by atoms with Gasteiger partial charge in [-0.15, -0.1) is 0 Å². The lowest BCUT2D eigenvalue weighted by Gasteiger charge is -2.07. The molecule has 0 saturated heterocycles. The Hall–Kier alpha value is -0.650. The zero-order valence-electron chi connectivity index (χ0n) is 9.56. The predicted octanol–water partition coefficient (Wildman–Crippen LogP) is 2.43. The summed E-state index contributed by atoms with van der Waals surface area (Å²) in [5, 5.41) is 8.98. The van der Waals surface area contributed by atoms with E-state index in [2.05, 4.69) is 15.9 Å². The SMILES string of the molecule is Cc1ccc(S(=O)(=O)/C(=C/CCO)CBr)cc1. The topological polar surface area (TPSA) is 54.4 Å². The molecule has 0 aromatic heterocycles. The van der Waals surface area contributed by atoms with Gasteiger partial charge in [0, 0.05) is 11.9 Å². The maximum Gasteiger partial charge on any atom is 0.203 e. The molecule has 0 heterocycles. The second-order valence-electron chi connectivity index (χ2n) is 3.63. The quantitative estimate of drug-likeness (QED) is 0.848. The minimum absolute atomic E-state index is 0.0556. The summed E-state index contributed by atoms with van der Waals surface area (Å²) in [4.78, 5) is 0.571. The van der Waals surface area contributed by atoms with Crippen molar-refractivity contribution < 1.29 is 13.5 Å². The summed E-state index contributed by atoms with van der Waals surface area (Å²) in [6.07, 6.45) is 1.88. The van der Waals surface area contributed by atoms with E-state index in [1.54, 1.807) is 30.3 Å². The molecule has 0 fully saturated rings. The van der Waals surface area contributed by atoms with E-state index in [4.69, 9.17) is 5.11 Å². The molecule has 0 amide bonds. The van der Waals surface area contributed by atoms with E-state index in [1.807, 2.05) is 6.92 Å². The highest BCUT2D eigenvalue weighted by atomic mass is 79.9. The van der Waals surface area contributed by atoms with Gasteiger partial charge in [0.15, 0.2) is 0 Å². The lowest BCUT2D eigenvalue weighted by molar-refractivity contribution is 0.302. The number of allylic oxidation sites excluding steroid dienone is 1. The van der Waals surface area contributed by atoms with Crippen LogP contribution in [0.1, 0.15) is 12.0 Å². The number of alkyl halides is 1. The van der Waals surface area contributed by atoms with Crippen molar-refractivity contribution >= 4 is 25.8 Å². The zero-order valence-corrected chi connectivity index (χ0v) is 12.0. The van der Waals surface area contributed by atoms with E-state index in [0.29, 0.717) is 6.42 Å². The lowest BCUT2D eigenvalue weighted by Crippen LogP contribution is -2.06. The number of aliphatic hydroxyl groups excluding tert-OH is 1. The average molecular weight is 319 g/mol. The highest BCUT2D eigenvalue weighted by Crippen LogP contribution is 2.21. The summed E-state index contributed by atoms with van der Waals surface area (Å²) in [7, 11) is -3.44. The molecule has 0 spiro atoms. The number of hydrogen-bond acceptors (Lipinski definition) is 3. The lowest BCUT2D eigenvalue weighted by atomic mass is 10.2. The average Bonchev–Trinajstić information content (AvgIpc) is 2.30. The van der Waals surface area contributed by atoms with E-state index in [-0.39, 0.29) is 21.7 Å². The fourth-order valence-corrected chi connectivity index (χ4v) is 3.74. The van der Waals surface area contributed by atoms with Crippen LogP contribution in [0.25, 0.3) is 0 Å². The molecule has 0 atom stereocenters. The van der Waals surface area contributed by atoms with Crippen molar-refractivity contribution in [2.75, 3.05) is 11.9 Å². The number of rotatable bonds is 5. The molecule has 0 aliphatic heterocycles. The Morgan fingerprint density at radius 3 is 2.41 bits per heavy atom. The van der Waals surface area contributed by atoms with Gasteiger partial charge in [-0.1, -0.05) is 39.7 Å². The van der Waals surface area contributed by atoms with Crippen LogP contribution in [-0.4, -0.2) is 25.5 Å². The third-order valence-corrected chi connectivity index (χ3v) is 5.18. The van der Waals surface area contributed by atoms with Crippen molar-refractivity contribution in [3.63, 3.8) is 0 Å². The van der Waals surface area contributed by atoms with Crippen LogP contribution in [0.3, 0.4) is 0 Å². The molecule has 0 bridgehead atoms. The standard InChI is InChI=1S/C12H15BrO3S/c1-10-4-6-11(7-5-10)17(15,16)12(9-13)3-2-8-14/h3-7,14H,2,8-9H2,1H3/b12-3+. The van der Waals surface area contributed by atoms with Gasteiger partial charge in [-0.05, 0) is 25.5 Å². The molecule has 3 nitrogen and oxygen atoms in total. The van der Waals surface area contributed by atoms with Crippen LogP contribution in [0.15, 0.2) is 40.1 Å². The Morgan fingerprint density at radius 1 is 1.35 bits per heavy atom. The maximum atomic E-state index is 12.2. The first-order valence-electron chi connectivity index (χ1n) is 5.20. The van der Waals surface area contributed by atoms with Gasteiger partial charge >= 0.3 is 0 Å². The molecule has 0 unspecified atom stereocenters. The molecular weight excluding hydrogens is 304 g/mol. The second-order valence-corrected chi connectivity index (χ2v) is 6.20. The Kier molecular flexibility index (Phi) is 5.36. The van der Waals surface area contributed by atoms with E-state index in [1.165, 1.54) is 0 Å². The summed E-state index contributed by atoms with van der Waals surface area (Å²) in [5.41, 5.74) is 1.02. The van der Waals surface area contributed by atoms with E-state index >= 15 is 0 Å². The Morgan fingerprint density at radius 2 is 1.94 bits per heavy atom. The highest BCUT2D eigenvalue weighted by Gasteiger charge is 2.18. The van der Waals surface area contributed by atoms with Gasteiger partial charge < -0.3 is 5.11 Å². The van der Waals surface area contributed by atoms with E-state index in [9.17, 15) is 8.42 Å². The summed E-state index contributed by atoms with van der Waals surface area (Å²) >= 11 is 3.16. The van der Waals surface area contributed by atoms with Gasteiger partial charge in [0.1, 0.15) is 0 Å². The smallest absolute Gasteiger partial charge is 0.203 e. The molecule has 1 aromatic carbocycles. The molecule has 17 heavy (non-hydrogen) atoms. The third kappa shape index (κ3) is 3.66. The number of hydrogen-bond donors (Lipinski definition) is 1. The maximum absolute atomic E-state index is 12.2. The minimum Gasteiger partial charge on any atom is -0.396 e. The summed E-state index contributed by atoms with van der Waals surface area (Å²) < 4.78 is 24.4. The van der Waals surface area contributed by atoms with Crippen LogP contribution < -0.4 is 0 Å². The van der Waals surface area contributed by atoms with Crippen LogP contribution in [-0.2, 0) is 9.84 Å².